The van der Waals surface area contributed by atoms with Crippen molar-refractivity contribution in [3.63, 3.8) is 0 Å². The van der Waals surface area contributed by atoms with E-state index in [-0.39, 0.29) is 17.5 Å². The second-order valence-electron chi connectivity index (χ2n) is 14.3. The monoisotopic (exact) mass is 646 g/mol. The maximum atomic E-state index is 10.0. The Labute approximate surface area is 288 Å². The van der Waals surface area contributed by atoms with Crippen LogP contribution in [0.2, 0.25) is 0 Å². The van der Waals surface area contributed by atoms with Crippen LogP contribution < -0.4 is 11.5 Å². The lowest BCUT2D eigenvalue weighted by atomic mass is 9.77. The van der Waals surface area contributed by atoms with Crippen LogP contribution >= 0.6 is 0 Å². The fraction of sp³-hybridized carbons (Fsp3) is 0.0870. The molecule has 10 rings (SSSR count). The van der Waals surface area contributed by atoms with Crippen LogP contribution in [-0.4, -0.2) is 10.2 Å². The second-order valence-corrected chi connectivity index (χ2v) is 14.3. The molecule has 4 heteroatoms. The average Bonchev–Trinajstić information content (AvgIpc) is 3.12. The molecule has 0 spiro atoms. The van der Waals surface area contributed by atoms with E-state index in [0.717, 1.165) is 43.6 Å². The van der Waals surface area contributed by atoms with E-state index in [4.69, 9.17) is 11.5 Å². The summed E-state index contributed by atoms with van der Waals surface area (Å²) in [6.45, 7) is 2.11. The lowest BCUT2D eigenvalue weighted by Gasteiger charge is -2.30. The third-order valence-electron chi connectivity index (χ3n) is 11.1. The molecule has 0 saturated carbocycles. The number of nitrogens with two attached hydrogens (primary N) is 2. The molecule has 240 valence electrons. The molecule has 0 aromatic heterocycles. The molecular formula is C46H34N2O2. The lowest BCUT2D eigenvalue weighted by molar-refractivity contribution is 0.475. The van der Waals surface area contributed by atoms with E-state index in [1.165, 1.54) is 54.0 Å². The topological polar surface area (TPSA) is 92.5 Å². The maximum Gasteiger partial charge on any atom is 0.116 e. The van der Waals surface area contributed by atoms with Crippen LogP contribution in [0.4, 0.5) is 0 Å². The first-order valence-corrected chi connectivity index (χ1v) is 17.1. The van der Waals surface area contributed by atoms with Gasteiger partial charge in [-0.05, 0) is 153 Å². The number of benzene rings is 10. The molecule has 2 atom stereocenters. The highest BCUT2D eigenvalue weighted by molar-refractivity contribution is 6.40. The van der Waals surface area contributed by atoms with E-state index in [1.54, 1.807) is 24.3 Å². The zero-order valence-corrected chi connectivity index (χ0v) is 27.5. The first-order valence-electron chi connectivity index (χ1n) is 17.1. The summed E-state index contributed by atoms with van der Waals surface area (Å²) < 4.78 is 0. The molecule has 0 saturated heterocycles. The van der Waals surface area contributed by atoms with Crippen LogP contribution in [-0.2, 0) is 12.0 Å². The summed E-state index contributed by atoms with van der Waals surface area (Å²) in [5.74, 6) is 0.519. The Kier molecular flexibility index (Phi) is 5.97. The summed E-state index contributed by atoms with van der Waals surface area (Å²) in [5.41, 5.74) is 17.9. The predicted octanol–water partition coefficient (Wildman–Crippen LogP) is 10.5. The molecular weight excluding hydrogens is 613 g/mol. The quantitative estimate of drug-likeness (QED) is 0.111. The molecule has 2 unspecified atom stereocenters. The molecule has 4 nitrogen and oxygen atoms in total. The SMILES string of the molecule is CC(N)(c1ccc2cc(O)ccc2c1)c1cc2ccc3cccc4c5cc(CC(N)c6ccc7cc(O)ccc7c6)cc6ccc1c(c65)c2c34. The highest BCUT2D eigenvalue weighted by Gasteiger charge is 2.29. The van der Waals surface area contributed by atoms with Gasteiger partial charge in [-0.2, -0.15) is 0 Å². The maximum absolute atomic E-state index is 10.0. The number of hydrogen-bond acceptors (Lipinski definition) is 4. The van der Waals surface area contributed by atoms with Gasteiger partial charge in [-0.1, -0.05) is 91.0 Å². The zero-order valence-electron chi connectivity index (χ0n) is 27.5. The summed E-state index contributed by atoms with van der Waals surface area (Å²) in [5, 5.41) is 36.4. The molecule has 0 amide bonds. The minimum atomic E-state index is -0.786. The first-order chi connectivity index (χ1) is 24.2. The van der Waals surface area contributed by atoms with Gasteiger partial charge < -0.3 is 21.7 Å². The number of fused-ring (bicyclic) bond motifs is 3. The third-order valence-corrected chi connectivity index (χ3v) is 11.1. The Balaban J connectivity index is 1.18. The smallest absolute Gasteiger partial charge is 0.116 e. The molecule has 50 heavy (non-hydrogen) atoms. The fourth-order valence-electron chi connectivity index (χ4n) is 8.58. The van der Waals surface area contributed by atoms with Crippen molar-refractivity contribution >= 4 is 75.4 Å². The molecule has 0 bridgehead atoms. The van der Waals surface area contributed by atoms with Gasteiger partial charge in [0.05, 0.1) is 5.54 Å². The number of aromatic hydroxyl groups is 2. The Morgan fingerprint density at radius 1 is 0.520 bits per heavy atom. The van der Waals surface area contributed by atoms with Gasteiger partial charge >= 0.3 is 0 Å². The van der Waals surface area contributed by atoms with Gasteiger partial charge in [0.2, 0.25) is 0 Å². The molecule has 0 aliphatic rings. The second kappa shape index (κ2) is 10.3. The average molecular weight is 647 g/mol. The molecule has 0 aliphatic carbocycles. The fourth-order valence-corrected chi connectivity index (χ4v) is 8.58. The van der Waals surface area contributed by atoms with Crippen molar-refractivity contribution in [1.29, 1.82) is 0 Å². The van der Waals surface area contributed by atoms with E-state index in [1.807, 2.05) is 24.3 Å². The summed E-state index contributed by atoms with van der Waals surface area (Å²) in [4.78, 5) is 0. The number of phenolic OH excluding ortho intramolecular Hbond substituents is 2. The van der Waals surface area contributed by atoms with Gasteiger partial charge in [-0.3, -0.25) is 0 Å². The Morgan fingerprint density at radius 2 is 1.14 bits per heavy atom. The first kappa shape index (κ1) is 29.0. The molecule has 0 heterocycles. The van der Waals surface area contributed by atoms with Crippen LogP contribution in [0.15, 0.2) is 133 Å². The van der Waals surface area contributed by atoms with Crippen LogP contribution in [0.25, 0.3) is 75.4 Å². The van der Waals surface area contributed by atoms with Crippen molar-refractivity contribution in [2.75, 3.05) is 0 Å². The molecule has 0 aliphatic heterocycles. The highest BCUT2D eigenvalue weighted by Crippen LogP contribution is 2.48. The molecule has 0 fully saturated rings. The molecule has 6 N–H and O–H groups in total. The van der Waals surface area contributed by atoms with Crippen molar-refractivity contribution in [3.8, 4) is 11.5 Å². The van der Waals surface area contributed by atoms with Gasteiger partial charge in [0.25, 0.3) is 0 Å². The normalized spacial score (nSPS) is 14.2. The van der Waals surface area contributed by atoms with Crippen LogP contribution in [0, 0.1) is 0 Å². The van der Waals surface area contributed by atoms with Crippen LogP contribution in [0.5, 0.6) is 11.5 Å². The van der Waals surface area contributed by atoms with Gasteiger partial charge in [0.1, 0.15) is 11.5 Å². The number of phenols is 2. The van der Waals surface area contributed by atoms with Gasteiger partial charge in [-0.25, -0.2) is 0 Å². The lowest BCUT2D eigenvalue weighted by Crippen LogP contribution is -2.34. The van der Waals surface area contributed by atoms with E-state index >= 15 is 0 Å². The molecule has 10 aromatic rings. The van der Waals surface area contributed by atoms with Gasteiger partial charge in [-0.15, -0.1) is 0 Å². The number of rotatable bonds is 5. The summed E-state index contributed by atoms with van der Waals surface area (Å²) in [6.07, 6.45) is 0.693. The predicted molar refractivity (Wildman–Crippen MR) is 209 cm³/mol. The largest absolute Gasteiger partial charge is 0.508 e. The van der Waals surface area contributed by atoms with Gasteiger partial charge in [0.15, 0.2) is 0 Å². The van der Waals surface area contributed by atoms with Gasteiger partial charge in [0, 0.05) is 6.04 Å². The van der Waals surface area contributed by atoms with E-state index in [9.17, 15) is 10.2 Å². The Morgan fingerprint density at radius 3 is 1.94 bits per heavy atom. The molecule has 0 radical (unpaired) electrons. The Hall–Kier alpha value is -5.94. The minimum absolute atomic E-state index is 0.188. The van der Waals surface area contributed by atoms with Crippen molar-refractivity contribution in [2.24, 2.45) is 11.5 Å². The summed E-state index contributed by atoms with van der Waals surface area (Å²) in [7, 11) is 0. The zero-order chi connectivity index (χ0) is 33.9. The highest BCUT2D eigenvalue weighted by atomic mass is 16.3. The van der Waals surface area contributed by atoms with Crippen molar-refractivity contribution in [2.45, 2.75) is 24.9 Å². The third kappa shape index (κ3) is 4.19. The summed E-state index contributed by atoms with van der Waals surface area (Å²) in [6, 6.07) is 45.8. The van der Waals surface area contributed by atoms with Crippen LogP contribution in [0.1, 0.15) is 35.2 Å². The minimum Gasteiger partial charge on any atom is -0.508 e. The van der Waals surface area contributed by atoms with Crippen molar-refractivity contribution < 1.29 is 10.2 Å². The van der Waals surface area contributed by atoms with E-state index < -0.39 is 5.54 Å². The van der Waals surface area contributed by atoms with E-state index in [0.29, 0.717) is 6.42 Å². The number of hydrogen-bond donors (Lipinski definition) is 4. The van der Waals surface area contributed by atoms with Crippen molar-refractivity contribution in [3.05, 3.63) is 156 Å². The molecule has 10 aromatic carbocycles. The van der Waals surface area contributed by atoms with Crippen molar-refractivity contribution in [1.82, 2.24) is 0 Å². The Bertz CT molecular complexity index is 2980. The van der Waals surface area contributed by atoms with Crippen LogP contribution in [0.3, 0.4) is 0 Å². The van der Waals surface area contributed by atoms with E-state index in [2.05, 4.69) is 91.9 Å². The standard InChI is InChI=1S/C46H34N2O2/c1-46(48,34-13-9-30-23-36(50)15-11-28(30)21-34)40-24-33-8-5-26-3-2-4-37-39-18-25(17-32-12-16-38(40)45(43(32)39)44(33)42(26)37)19-41(47)31-7-6-29-22-35(49)14-10-27(29)20-31/h2-18,20-24,41,49-50H,19,47-48H2,1H3. The summed E-state index contributed by atoms with van der Waals surface area (Å²) >= 11 is 0.